The standard InChI is InChI=1S/C18H11F5O3/c19-14-6-5-12(9-15(14)20)16(24)10-26-17(25)7-4-11-2-1-3-13(8-11)18(21,22)23/h1-9H,10H2/b7-4+. The number of ketones is 1. The summed E-state index contributed by atoms with van der Waals surface area (Å²) >= 11 is 0. The van der Waals surface area contributed by atoms with Gasteiger partial charge in [-0.1, -0.05) is 12.1 Å². The van der Waals surface area contributed by atoms with Crippen LogP contribution < -0.4 is 0 Å². The lowest BCUT2D eigenvalue weighted by Gasteiger charge is -2.06. The maximum Gasteiger partial charge on any atom is 0.416 e. The molecule has 2 rings (SSSR count). The second-order valence-corrected chi connectivity index (χ2v) is 5.12. The summed E-state index contributed by atoms with van der Waals surface area (Å²) in [6.07, 6.45) is -2.56. The Hall–Kier alpha value is -3.03. The highest BCUT2D eigenvalue weighted by atomic mass is 19.4. The van der Waals surface area contributed by atoms with E-state index in [1.165, 1.54) is 12.1 Å². The molecule has 0 radical (unpaired) electrons. The normalized spacial score (nSPS) is 11.6. The number of carbonyl (C=O) groups is 2. The zero-order chi connectivity index (χ0) is 19.3. The average Bonchev–Trinajstić information content (AvgIpc) is 2.59. The lowest BCUT2D eigenvalue weighted by Crippen LogP contribution is -2.13. The Morgan fingerprint density at radius 3 is 2.38 bits per heavy atom. The van der Waals surface area contributed by atoms with Gasteiger partial charge in [0.15, 0.2) is 24.0 Å². The molecule has 136 valence electrons. The van der Waals surface area contributed by atoms with Crippen molar-refractivity contribution in [3.8, 4) is 0 Å². The molecule has 8 heteroatoms. The van der Waals surface area contributed by atoms with Gasteiger partial charge in [-0.25, -0.2) is 13.6 Å². The first-order chi connectivity index (χ1) is 12.2. The minimum Gasteiger partial charge on any atom is -0.454 e. The van der Waals surface area contributed by atoms with Crippen LogP contribution in [0.1, 0.15) is 21.5 Å². The van der Waals surface area contributed by atoms with E-state index >= 15 is 0 Å². The number of ether oxygens (including phenoxy) is 1. The molecule has 0 spiro atoms. The van der Waals surface area contributed by atoms with Gasteiger partial charge in [0.2, 0.25) is 0 Å². The van der Waals surface area contributed by atoms with Crippen LogP contribution in [0.5, 0.6) is 0 Å². The van der Waals surface area contributed by atoms with Crippen molar-refractivity contribution in [1.29, 1.82) is 0 Å². The van der Waals surface area contributed by atoms with E-state index in [1.54, 1.807) is 0 Å². The molecule has 0 N–H and O–H groups in total. The Labute approximate surface area is 144 Å². The molecule has 0 saturated carbocycles. The van der Waals surface area contributed by atoms with E-state index < -0.39 is 41.7 Å². The van der Waals surface area contributed by atoms with E-state index in [1.807, 2.05) is 0 Å². The molecular weight excluding hydrogens is 359 g/mol. The number of rotatable bonds is 5. The third-order valence-corrected chi connectivity index (χ3v) is 3.21. The van der Waals surface area contributed by atoms with Gasteiger partial charge >= 0.3 is 12.1 Å². The van der Waals surface area contributed by atoms with Crippen LogP contribution in [-0.4, -0.2) is 18.4 Å². The van der Waals surface area contributed by atoms with Crippen molar-refractivity contribution in [3.05, 3.63) is 76.9 Å². The van der Waals surface area contributed by atoms with E-state index in [4.69, 9.17) is 0 Å². The molecule has 0 atom stereocenters. The number of Topliss-reactive ketones (excluding diaryl/α,β-unsaturated/α-hetero) is 1. The van der Waals surface area contributed by atoms with Gasteiger partial charge in [-0.15, -0.1) is 0 Å². The van der Waals surface area contributed by atoms with Crippen molar-refractivity contribution in [1.82, 2.24) is 0 Å². The molecule has 0 unspecified atom stereocenters. The topological polar surface area (TPSA) is 43.4 Å². The molecular formula is C18H11F5O3. The van der Waals surface area contributed by atoms with Gasteiger partial charge < -0.3 is 4.74 Å². The average molecular weight is 370 g/mol. The van der Waals surface area contributed by atoms with Crippen LogP contribution in [0.2, 0.25) is 0 Å². The molecule has 2 aromatic rings. The van der Waals surface area contributed by atoms with Gasteiger partial charge in [0, 0.05) is 11.6 Å². The molecule has 0 aliphatic carbocycles. The molecule has 0 aliphatic heterocycles. The van der Waals surface area contributed by atoms with E-state index in [-0.39, 0.29) is 11.1 Å². The van der Waals surface area contributed by atoms with Gasteiger partial charge in [-0.2, -0.15) is 13.2 Å². The van der Waals surface area contributed by atoms with Crippen molar-refractivity contribution in [2.75, 3.05) is 6.61 Å². The van der Waals surface area contributed by atoms with Gasteiger partial charge in [0.1, 0.15) is 0 Å². The van der Waals surface area contributed by atoms with Gasteiger partial charge in [0.25, 0.3) is 0 Å². The van der Waals surface area contributed by atoms with E-state index in [0.717, 1.165) is 36.4 Å². The molecule has 0 fully saturated rings. The first-order valence-corrected chi connectivity index (χ1v) is 7.17. The summed E-state index contributed by atoms with van der Waals surface area (Å²) < 4.78 is 68.2. The third kappa shape index (κ3) is 5.23. The quantitative estimate of drug-likeness (QED) is 0.339. The van der Waals surface area contributed by atoms with Crippen molar-refractivity contribution in [2.45, 2.75) is 6.18 Å². The highest BCUT2D eigenvalue weighted by Gasteiger charge is 2.30. The maximum absolute atomic E-state index is 13.0. The van der Waals surface area contributed by atoms with Crippen LogP contribution in [0, 0.1) is 11.6 Å². The van der Waals surface area contributed by atoms with Crippen molar-refractivity contribution >= 4 is 17.8 Å². The molecule has 0 bridgehead atoms. The van der Waals surface area contributed by atoms with Crippen LogP contribution in [0.4, 0.5) is 22.0 Å². The zero-order valence-corrected chi connectivity index (χ0v) is 13.0. The highest BCUT2D eigenvalue weighted by Crippen LogP contribution is 2.29. The summed E-state index contributed by atoms with van der Waals surface area (Å²) in [7, 11) is 0. The number of hydrogen-bond donors (Lipinski definition) is 0. The SMILES string of the molecule is O=C(/C=C/c1cccc(C(F)(F)F)c1)OCC(=O)c1ccc(F)c(F)c1. The van der Waals surface area contributed by atoms with Gasteiger partial charge in [-0.05, 0) is 42.0 Å². The molecule has 0 saturated heterocycles. The number of alkyl halides is 3. The number of hydrogen-bond acceptors (Lipinski definition) is 3. The molecule has 26 heavy (non-hydrogen) atoms. The number of esters is 1. The number of carbonyl (C=O) groups excluding carboxylic acids is 2. The summed E-state index contributed by atoms with van der Waals surface area (Å²) in [5, 5.41) is 0. The predicted molar refractivity (Wildman–Crippen MR) is 82.1 cm³/mol. The monoisotopic (exact) mass is 370 g/mol. The third-order valence-electron chi connectivity index (χ3n) is 3.21. The lowest BCUT2D eigenvalue weighted by molar-refractivity contribution is -0.138. The fraction of sp³-hybridized carbons (Fsp3) is 0.111. The highest BCUT2D eigenvalue weighted by molar-refractivity contribution is 5.98. The number of benzene rings is 2. The Morgan fingerprint density at radius 2 is 1.73 bits per heavy atom. The Balaban J connectivity index is 1.95. The van der Waals surface area contributed by atoms with Crippen molar-refractivity contribution in [2.24, 2.45) is 0 Å². The van der Waals surface area contributed by atoms with E-state index in [9.17, 15) is 31.5 Å². The van der Waals surface area contributed by atoms with Gasteiger partial charge in [0.05, 0.1) is 5.56 Å². The summed E-state index contributed by atoms with van der Waals surface area (Å²) in [4.78, 5) is 23.3. The minimum absolute atomic E-state index is 0.115. The lowest BCUT2D eigenvalue weighted by atomic mass is 10.1. The first kappa shape index (κ1) is 19.3. The van der Waals surface area contributed by atoms with Crippen molar-refractivity contribution < 1.29 is 36.3 Å². The number of halogens is 5. The molecule has 0 heterocycles. The Bertz CT molecular complexity index is 856. The summed E-state index contributed by atoms with van der Waals surface area (Å²) in [5.74, 6) is -4.07. The van der Waals surface area contributed by atoms with E-state index in [0.29, 0.717) is 6.07 Å². The zero-order valence-electron chi connectivity index (χ0n) is 13.0. The molecule has 0 amide bonds. The predicted octanol–water partition coefficient (Wildman–Crippen LogP) is 4.42. The maximum atomic E-state index is 13.0. The molecule has 0 aromatic heterocycles. The molecule has 3 nitrogen and oxygen atoms in total. The fourth-order valence-electron chi connectivity index (χ4n) is 1.92. The molecule has 0 aliphatic rings. The van der Waals surface area contributed by atoms with Crippen LogP contribution in [-0.2, 0) is 15.7 Å². The van der Waals surface area contributed by atoms with Crippen LogP contribution in [0.3, 0.4) is 0 Å². The van der Waals surface area contributed by atoms with E-state index in [2.05, 4.69) is 4.74 Å². The minimum atomic E-state index is -4.51. The summed E-state index contributed by atoms with van der Waals surface area (Å²) in [5.41, 5.74) is -0.941. The smallest absolute Gasteiger partial charge is 0.416 e. The largest absolute Gasteiger partial charge is 0.454 e. The Morgan fingerprint density at radius 1 is 1.00 bits per heavy atom. The van der Waals surface area contributed by atoms with Crippen molar-refractivity contribution in [3.63, 3.8) is 0 Å². The first-order valence-electron chi connectivity index (χ1n) is 7.17. The summed E-state index contributed by atoms with van der Waals surface area (Å²) in [6.45, 7) is -0.725. The van der Waals surface area contributed by atoms with Crippen LogP contribution in [0.25, 0.3) is 6.08 Å². The van der Waals surface area contributed by atoms with Crippen LogP contribution >= 0.6 is 0 Å². The summed E-state index contributed by atoms with van der Waals surface area (Å²) in [6, 6.07) is 6.73. The van der Waals surface area contributed by atoms with Gasteiger partial charge in [-0.3, -0.25) is 4.79 Å². The fourth-order valence-corrected chi connectivity index (χ4v) is 1.92. The Kier molecular flexibility index (Phi) is 5.86. The second kappa shape index (κ2) is 7.90. The van der Waals surface area contributed by atoms with Crippen LogP contribution in [0.15, 0.2) is 48.5 Å². The second-order valence-electron chi connectivity index (χ2n) is 5.12. The molecule has 2 aromatic carbocycles.